The fourth-order valence-electron chi connectivity index (χ4n) is 3.86. The lowest BCUT2D eigenvalue weighted by molar-refractivity contribution is -0.137. The minimum Gasteiger partial charge on any atom is -0.477 e. The first-order chi connectivity index (χ1) is 17.6. The summed E-state index contributed by atoms with van der Waals surface area (Å²) in [5, 5.41) is 7.11. The van der Waals surface area contributed by atoms with E-state index < -0.39 is 34.8 Å². The Balaban J connectivity index is 1.36. The van der Waals surface area contributed by atoms with Crippen molar-refractivity contribution in [2.24, 2.45) is 10.6 Å². The molecule has 1 aliphatic rings. The standard InChI is InChI=1S/C25H20ClF3N4O4/c26-17-5-8-20(19(12-17)25(27,28)29)32-23(35)31-18-6-2-15(3-7-18)16-4-9-21(30-13-16)37-14-24(10-1-11-24)22(34)33-36/h2-9,12-13H,1,10-11,14H2,(H2,31,32,35). The average molecular weight is 533 g/mol. The molecule has 0 unspecified atom stereocenters. The first kappa shape index (κ1) is 26.1. The van der Waals surface area contributed by atoms with Gasteiger partial charge < -0.3 is 15.4 Å². The van der Waals surface area contributed by atoms with Gasteiger partial charge in [0.05, 0.1) is 16.7 Å². The fraction of sp³-hybridized carbons (Fsp3) is 0.240. The number of nitroso groups, excluding NO2 is 1. The van der Waals surface area contributed by atoms with Crippen LogP contribution in [0.15, 0.2) is 66.0 Å². The second kappa shape index (κ2) is 10.6. The van der Waals surface area contributed by atoms with Gasteiger partial charge >= 0.3 is 12.2 Å². The first-order valence-electron chi connectivity index (χ1n) is 11.1. The Morgan fingerprint density at radius 2 is 1.73 bits per heavy atom. The number of hydrogen-bond acceptors (Lipinski definition) is 5. The van der Waals surface area contributed by atoms with Gasteiger partial charge in [-0.3, -0.25) is 4.79 Å². The predicted octanol–water partition coefficient (Wildman–Crippen LogP) is 6.91. The molecule has 1 heterocycles. The molecule has 3 amide bonds. The maximum atomic E-state index is 13.2. The summed E-state index contributed by atoms with van der Waals surface area (Å²) in [6.07, 6.45) is -1.18. The largest absolute Gasteiger partial charge is 0.477 e. The Morgan fingerprint density at radius 3 is 2.30 bits per heavy atom. The molecule has 3 aromatic rings. The van der Waals surface area contributed by atoms with Gasteiger partial charge in [0.15, 0.2) is 0 Å². The van der Waals surface area contributed by atoms with Crippen molar-refractivity contribution < 1.29 is 27.5 Å². The summed E-state index contributed by atoms with van der Waals surface area (Å²) < 4.78 is 45.3. The number of nitrogens with zero attached hydrogens (tertiary/aromatic N) is 2. The van der Waals surface area contributed by atoms with E-state index in [1.807, 2.05) is 0 Å². The molecule has 192 valence electrons. The second-order valence-electron chi connectivity index (χ2n) is 8.55. The van der Waals surface area contributed by atoms with Crippen LogP contribution in [0.25, 0.3) is 11.1 Å². The van der Waals surface area contributed by atoms with Crippen molar-refractivity contribution in [1.29, 1.82) is 0 Å². The average Bonchev–Trinajstić information content (AvgIpc) is 2.84. The Hall–Kier alpha value is -3.99. The molecule has 8 nitrogen and oxygen atoms in total. The van der Waals surface area contributed by atoms with Crippen molar-refractivity contribution in [2.45, 2.75) is 25.4 Å². The highest BCUT2D eigenvalue weighted by atomic mass is 35.5. The highest BCUT2D eigenvalue weighted by Crippen LogP contribution is 2.42. The van der Waals surface area contributed by atoms with Gasteiger partial charge in [0.25, 0.3) is 5.91 Å². The number of aromatic nitrogens is 1. The number of ether oxygens (including phenoxy) is 1. The first-order valence-corrected chi connectivity index (χ1v) is 11.5. The highest BCUT2D eigenvalue weighted by Gasteiger charge is 2.46. The molecule has 37 heavy (non-hydrogen) atoms. The van der Waals surface area contributed by atoms with Crippen LogP contribution in [0.5, 0.6) is 5.88 Å². The van der Waals surface area contributed by atoms with Crippen LogP contribution < -0.4 is 15.4 Å². The monoisotopic (exact) mass is 532 g/mol. The van der Waals surface area contributed by atoms with E-state index in [-0.39, 0.29) is 11.6 Å². The van der Waals surface area contributed by atoms with E-state index in [1.54, 1.807) is 42.6 Å². The third-order valence-electron chi connectivity index (χ3n) is 6.09. The van der Waals surface area contributed by atoms with Crippen molar-refractivity contribution in [2.75, 3.05) is 17.2 Å². The van der Waals surface area contributed by atoms with Crippen molar-refractivity contribution in [3.05, 3.63) is 76.3 Å². The SMILES string of the molecule is O=NC(=O)C1(COc2ccc(-c3ccc(NC(=O)Nc4ccc(Cl)cc4C(F)(F)F)cc3)cn2)CCC1. The Kier molecular flexibility index (Phi) is 7.44. The van der Waals surface area contributed by atoms with Crippen LogP contribution in [0.2, 0.25) is 5.02 Å². The summed E-state index contributed by atoms with van der Waals surface area (Å²) in [6.45, 7) is 0.0346. The van der Waals surface area contributed by atoms with E-state index >= 15 is 0 Å². The van der Waals surface area contributed by atoms with Crippen LogP contribution in [0.1, 0.15) is 24.8 Å². The lowest BCUT2D eigenvalue weighted by atomic mass is 9.69. The van der Waals surface area contributed by atoms with E-state index in [1.165, 1.54) is 6.07 Å². The van der Waals surface area contributed by atoms with Crippen LogP contribution in [0, 0.1) is 10.3 Å². The molecule has 1 aliphatic carbocycles. The molecule has 12 heteroatoms. The number of nitrogens with one attached hydrogen (secondary N) is 2. The second-order valence-corrected chi connectivity index (χ2v) is 8.98. The number of benzene rings is 2. The predicted molar refractivity (Wildman–Crippen MR) is 131 cm³/mol. The van der Waals surface area contributed by atoms with Crippen LogP contribution in [0.3, 0.4) is 0 Å². The number of urea groups is 1. The van der Waals surface area contributed by atoms with Crippen molar-refractivity contribution in [3.8, 4) is 17.0 Å². The van der Waals surface area contributed by atoms with Crippen LogP contribution in [-0.2, 0) is 11.0 Å². The molecule has 2 aromatic carbocycles. The maximum Gasteiger partial charge on any atom is 0.418 e. The summed E-state index contributed by atoms with van der Waals surface area (Å²) in [4.78, 5) is 38.9. The van der Waals surface area contributed by atoms with Gasteiger partial charge in [-0.1, -0.05) is 30.2 Å². The third-order valence-corrected chi connectivity index (χ3v) is 6.33. The van der Waals surface area contributed by atoms with Gasteiger partial charge in [0.1, 0.15) is 6.61 Å². The number of carbonyl (C=O) groups is 2. The number of carbonyl (C=O) groups excluding carboxylic acids is 2. The summed E-state index contributed by atoms with van der Waals surface area (Å²) in [5.41, 5.74) is -0.481. The van der Waals surface area contributed by atoms with Crippen molar-refractivity contribution in [1.82, 2.24) is 4.98 Å². The van der Waals surface area contributed by atoms with Gasteiger partial charge in [-0.05, 0) is 54.8 Å². The molecule has 1 fully saturated rings. The molecule has 0 aliphatic heterocycles. The van der Waals surface area contributed by atoms with Crippen LogP contribution in [-0.4, -0.2) is 23.5 Å². The molecule has 4 rings (SSSR count). The number of amides is 3. The van der Waals surface area contributed by atoms with Gasteiger partial charge in [-0.15, -0.1) is 4.91 Å². The summed E-state index contributed by atoms with van der Waals surface area (Å²) in [6, 6.07) is 12.2. The smallest absolute Gasteiger partial charge is 0.418 e. The minimum absolute atomic E-state index is 0.0346. The Morgan fingerprint density at radius 1 is 1.03 bits per heavy atom. The van der Waals surface area contributed by atoms with Crippen molar-refractivity contribution >= 4 is 34.9 Å². The summed E-state index contributed by atoms with van der Waals surface area (Å²) in [5.74, 6) is -0.407. The van der Waals surface area contributed by atoms with Gasteiger partial charge in [-0.25, -0.2) is 9.78 Å². The molecule has 0 radical (unpaired) electrons. The van der Waals surface area contributed by atoms with E-state index in [0.717, 1.165) is 29.7 Å². The number of pyridine rings is 1. The molecule has 1 saturated carbocycles. The molecule has 0 atom stereocenters. The zero-order valence-corrected chi connectivity index (χ0v) is 19.9. The zero-order chi connectivity index (χ0) is 26.6. The quantitative estimate of drug-likeness (QED) is 0.321. The topological polar surface area (TPSA) is 110 Å². The van der Waals surface area contributed by atoms with Gasteiger partial charge in [0, 0.05) is 33.7 Å². The molecule has 0 spiro atoms. The zero-order valence-electron chi connectivity index (χ0n) is 19.1. The molecule has 0 bridgehead atoms. The highest BCUT2D eigenvalue weighted by molar-refractivity contribution is 6.30. The number of hydrogen-bond donors (Lipinski definition) is 2. The molecular formula is C25H20ClF3N4O4. The maximum absolute atomic E-state index is 13.2. The van der Waals surface area contributed by atoms with Crippen LogP contribution in [0.4, 0.5) is 29.3 Å². The van der Waals surface area contributed by atoms with Crippen molar-refractivity contribution in [3.63, 3.8) is 0 Å². The number of alkyl halides is 3. The molecular weight excluding hydrogens is 513 g/mol. The Labute approximate surface area is 214 Å². The summed E-state index contributed by atoms with van der Waals surface area (Å²) >= 11 is 5.66. The van der Waals surface area contributed by atoms with Crippen LogP contribution >= 0.6 is 11.6 Å². The van der Waals surface area contributed by atoms with Gasteiger partial charge in [0.2, 0.25) is 5.88 Å². The Bertz CT molecular complexity index is 1310. The van der Waals surface area contributed by atoms with E-state index in [9.17, 15) is 27.7 Å². The number of anilines is 2. The third kappa shape index (κ3) is 6.05. The van der Waals surface area contributed by atoms with E-state index in [2.05, 4.69) is 20.8 Å². The molecule has 2 N–H and O–H groups in total. The minimum atomic E-state index is -4.69. The molecule has 1 aromatic heterocycles. The lowest BCUT2D eigenvalue weighted by Crippen LogP contribution is -2.42. The normalized spacial score (nSPS) is 14.3. The van der Waals surface area contributed by atoms with E-state index in [0.29, 0.717) is 24.4 Å². The number of rotatable bonds is 7. The summed E-state index contributed by atoms with van der Waals surface area (Å²) in [7, 11) is 0. The van der Waals surface area contributed by atoms with Gasteiger partial charge in [-0.2, -0.15) is 13.2 Å². The van der Waals surface area contributed by atoms with E-state index in [4.69, 9.17) is 16.3 Å². The number of halogens is 4. The fourth-order valence-corrected chi connectivity index (χ4v) is 4.03. The lowest BCUT2D eigenvalue weighted by Gasteiger charge is -2.36. The molecule has 0 saturated heterocycles.